The molecular weight excluding hydrogens is 462 g/mol. The summed E-state index contributed by atoms with van der Waals surface area (Å²) in [6.07, 6.45) is 5.77. The molecule has 0 saturated heterocycles. The summed E-state index contributed by atoms with van der Waals surface area (Å²) in [6, 6.07) is 9.14. The summed E-state index contributed by atoms with van der Waals surface area (Å²) < 4.78 is 32.0. The summed E-state index contributed by atoms with van der Waals surface area (Å²) in [7, 11) is 0. The minimum Gasteiger partial charge on any atom is -0.402 e. The molecule has 1 saturated carbocycles. The second-order valence-electron chi connectivity index (χ2n) is 9.36. The van der Waals surface area contributed by atoms with Crippen molar-refractivity contribution in [2.24, 2.45) is 16.6 Å². The molecule has 7 nitrogen and oxygen atoms in total. The molecule has 186 valence electrons. The predicted octanol–water partition coefficient (Wildman–Crippen LogP) is 5.11. The Balaban J connectivity index is 1.29. The van der Waals surface area contributed by atoms with Crippen molar-refractivity contribution in [3.63, 3.8) is 0 Å². The Bertz CT molecular complexity index is 1380. The number of fused-ring (bicyclic) bond motifs is 3. The summed E-state index contributed by atoms with van der Waals surface area (Å²) >= 11 is 0. The number of nitrogens with two attached hydrogens (primary N) is 1. The predicted molar refractivity (Wildman–Crippen MR) is 137 cm³/mol. The van der Waals surface area contributed by atoms with Gasteiger partial charge in [0.2, 0.25) is 0 Å². The number of amides is 2. The highest BCUT2D eigenvalue weighted by molar-refractivity contribution is 6.23. The number of carbonyl (C=O) groups excluding carboxylic acids is 1. The van der Waals surface area contributed by atoms with E-state index in [2.05, 4.69) is 20.6 Å². The van der Waals surface area contributed by atoms with Gasteiger partial charge < -0.3 is 20.9 Å². The quantitative estimate of drug-likeness (QED) is 0.401. The van der Waals surface area contributed by atoms with Gasteiger partial charge in [-0.2, -0.15) is 0 Å². The lowest BCUT2D eigenvalue weighted by molar-refractivity contribution is 0.251. The smallest absolute Gasteiger partial charge is 0.319 e. The normalized spacial score (nSPS) is 17.3. The number of halogens is 2. The van der Waals surface area contributed by atoms with E-state index in [9.17, 15) is 9.18 Å². The molecule has 2 aliphatic rings. The zero-order valence-corrected chi connectivity index (χ0v) is 20.2. The zero-order valence-electron chi connectivity index (χ0n) is 20.2. The number of allylic oxidation sites excluding steroid dienone is 2. The van der Waals surface area contributed by atoms with Crippen molar-refractivity contribution >= 4 is 23.0 Å². The molecule has 1 unspecified atom stereocenters. The van der Waals surface area contributed by atoms with Crippen LogP contribution in [-0.4, -0.2) is 34.4 Å². The van der Waals surface area contributed by atoms with Crippen molar-refractivity contribution in [1.29, 1.82) is 0 Å². The van der Waals surface area contributed by atoms with Gasteiger partial charge in [-0.25, -0.2) is 18.6 Å². The maximum absolute atomic E-state index is 15.1. The SMILES string of the molecule is CC(=NCC1CC1)C(=C(C)N)c1cc(F)c(NC(=O)NCC2c3ccccc3-c3cncn32)cc1F. The third kappa shape index (κ3) is 4.60. The molecule has 1 fully saturated rings. The van der Waals surface area contributed by atoms with Crippen molar-refractivity contribution in [1.82, 2.24) is 14.9 Å². The summed E-state index contributed by atoms with van der Waals surface area (Å²) in [5, 5.41) is 5.18. The number of carbonyl (C=O) groups is 1. The number of imidazole rings is 1. The Labute approximate surface area is 208 Å². The number of anilines is 1. The van der Waals surface area contributed by atoms with Crippen LogP contribution in [0, 0.1) is 17.6 Å². The average Bonchev–Trinajstić information content (AvgIpc) is 3.46. The van der Waals surface area contributed by atoms with Crippen LogP contribution in [0.1, 0.15) is 43.9 Å². The minimum atomic E-state index is -0.765. The average molecular weight is 491 g/mol. The molecule has 0 spiro atoms. The fraction of sp³-hybridized carbons (Fsp3) is 0.296. The van der Waals surface area contributed by atoms with Gasteiger partial charge in [0.1, 0.15) is 11.6 Å². The Kier molecular flexibility index (Phi) is 6.30. The molecule has 36 heavy (non-hydrogen) atoms. The van der Waals surface area contributed by atoms with E-state index in [4.69, 9.17) is 5.73 Å². The van der Waals surface area contributed by atoms with Crippen molar-refractivity contribution in [2.75, 3.05) is 18.4 Å². The fourth-order valence-electron chi connectivity index (χ4n) is 4.67. The highest BCUT2D eigenvalue weighted by Gasteiger charge is 2.28. The van der Waals surface area contributed by atoms with E-state index >= 15 is 4.39 Å². The summed E-state index contributed by atoms with van der Waals surface area (Å²) in [5.74, 6) is -0.900. The summed E-state index contributed by atoms with van der Waals surface area (Å²) in [5.41, 5.74) is 10.1. The lowest BCUT2D eigenvalue weighted by atomic mass is 9.98. The van der Waals surface area contributed by atoms with Crippen molar-refractivity contribution in [3.05, 3.63) is 77.4 Å². The molecule has 5 rings (SSSR count). The Morgan fingerprint density at radius 2 is 1.97 bits per heavy atom. The van der Waals surface area contributed by atoms with Crippen molar-refractivity contribution in [2.45, 2.75) is 32.7 Å². The zero-order chi connectivity index (χ0) is 25.4. The molecule has 0 radical (unpaired) electrons. The van der Waals surface area contributed by atoms with Crippen LogP contribution in [0.4, 0.5) is 19.3 Å². The van der Waals surface area contributed by atoms with Gasteiger partial charge in [0.15, 0.2) is 0 Å². The van der Waals surface area contributed by atoms with Gasteiger partial charge in [-0.05, 0) is 44.2 Å². The van der Waals surface area contributed by atoms with E-state index in [1.165, 1.54) is 0 Å². The first-order valence-electron chi connectivity index (χ1n) is 12.0. The Morgan fingerprint density at radius 3 is 2.72 bits per heavy atom. The third-order valence-corrected chi connectivity index (χ3v) is 6.67. The molecule has 3 aromatic rings. The van der Waals surface area contributed by atoms with Crippen molar-refractivity contribution in [3.8, 4) is 11.3 Å². The first kappa shape index (κ1) is 23.7. The molecule has 9 heteroatoms. The summed E-state index contributed by atoms with van der Waals surface area (Å²) in [6.45, 7) is 4.29. The molecule has 4 N–H and O–H groups in total. The largest absolute Gasteiger partial charge is 0.402 e. The van der Waals surface area contributed by atoms with Crippen molar-refractivity contribution < 1.29 is 13.6 Å². The van der Waals surface area contributed by atoms with Gasteiger partial charge in [0.25, 0.3) is 0 Å². The van der Waals surface area contributed by atoms with Crippen LogP contribution in [0.3, 0.4) is 0 Å². The van der Waals surface area contributed by atoms with E-state index in [0.717, 1.165) is 41.8 Å². The van der Waals surface area contributed by atoms with Gasteiger partial charge in [0, 0.05) is 47.3 Å². The monoisotopic (exact) mass is 490 g/mol. The fourth-order valence-corrected chi connectivity index (χ4v) is 4.67. The van der Waals surface area contributed by atoms with E-state index in [0.29, 0.717) is 29.4 Å². The lowest BCUT2D eigenvalue weighted by Crippen LogP contribution is -2.33. The standard InChI is InChI=1S/C27H28F2N6O/c1-15(30)26(16(2)32-11-17-7-8-17)20-9-22(29)23(10-21(20)28)34-27(36)33-13-25-19-6-4-3-5-18(19)24-12-31-14-35(24)25/h3-6,9-10,12,14,17,25H,7-8,11,13,30H2,1-2H3,(H2,33,34,36). The minimum absolute atomic E-state index is 0.0192. The molecule has 2 heterocycles. The topological polar surface area (TPSA) is 97.3 Å². The third-order valence-electron chi connectivity index (χ3n) is 6.67. The van der Waals surface area contributed by atoms with Crippen LogP contribution in [0.25, 0.3) is 16.8 Å². The van der Waals surface area contributed by atoms with Crippen LogP contribution in [-0.2, 0) is 0 Å². The summed E-state index contributed by atoms with van der Waals surface area (Å²) in [4.78, 5) is 21.3. The molecule has 1 atom stereocenters. The van der Waals surface area contributed by atoms with Crippen LogP contribution in [0.2, 0.25) is 0 Å². The maximum atomic E-state index is 15.1. The molecule has 2 amide bonds. The molecule has 2 aromatic carbocycles. The van der Waals surface area contributed by atoms with Gasteiger partial charge in [0.05, 0.1) is 29.9 Å². The second-order valence-corrected chi connectivity index (χ2v) is 9.36. The van der Waals surface area contributed by atoms with Gasteiger partial charge in [-0.15, -0.1) is 0 Å². The Morgan fingerprint density at radius 1 is 1.19 bits per heavy atom. The number of aromatic nitrogens is 2. The lowest BCUT2D eigenvalue weighted by Gasteiger charge is -2.17. The van der Waals surface area contributed by atoms with Crippen LogP contribution >= 0.6 is 0 Å². The van der Waals surface area contributed by atoms with Gasteiger partial charge in [-0.3, -0.25) is 4.99 Å². The highest BCUT2D eigenvalue weighted by Crippen LogP contribution is 2.38. The first-order valence-corrected chi connectivity index (χ1v) is 12.0. The molecule has 1 aliphatic heterocycles. The van der Waals surface area contributed by atoms with E-state index in [1.54, 1.807) is 26.4 Å². The number of nitrogens with zero attached hydrogens (tertiary/aromatic N) is 3. The van der Waals surface area contributed by atoms with Gasteiger partial charge >= 0.3 is 6.03 Å². The van der Waals surface area contributed by atoms with Gasteiger partial charge in [-0.1, -0.05) is 24.3 Å². The number of hydrogen-bond donors (Lipinski definition) is 3. The van der Waals surface area contributed by atoms with E-state index < -0.39 is 17.7 Å². The number of urea groups is 1. The van der Waals surface area contributed by atoms with Crippen LogP contribution in [0.5, 0.6) is 0 Å². The highest BCUT2D eigenvalue weighted by atomic mass is 19.1. The number of rotatable bonds is 7. The number of nitrogens with one attached hydrogen (secondary N) is 2. The number of benzene rings is 2. The first-order chi connectivity index (χ1) is 17.3. The van der Waals surface area contributed by atoms with E-state index in [1.807, 2.05) is 28.8 Å². The molecule has 1 aromatic heterocycles. The second kappa shape index (κ2) is 9.56. The van der Waals surface area contributed by atoms with E-state index in [-0.39, 0.29) is 23.8 Å². The van der Waals surface area contributed by atoms with Crippen LogP contribution in [0.15, 0.2) is 59.6 Å². The molecule has 0 bridgehead atoms. The molecular formula is C27H28F2N6O. The number of aliphatic imine (C=N–C) groups is 1. The Hall–Kier alpha value is -4.01. The maximum Gasteiger partial charge on any atom is 0.319 e. The molecule has 1 aliphatic carbocycles. The van der Waals surface area contributed by atoms with Crippen LogP contribution < -0.4 is 16.4 Å². The number of hydrogen-bond acceptors (Lipinski definition) is 4.